The van der Waals surface area contributed by atoms with Crippen LogP contribution < -0.4 is 4.90 Å². The highest BCUT2D eigenvalue weighted by Gasteiger charge is 2.51. The van der Waals surface area contributed by atoms with Crippen molar-refractivity contribution in [2.75, 3.05) is 4.90 Å². The highest BCUT2D eigenvalue weighted by atomic mass is 35.5. The Hall–Kier alpha value is -2.66. The number of ketones is 1. The zero-order valence-corrected chi connectivity index (χ0v) is 20.5. The molecule has 1 aliphatic rings. The summed E-state index contributed by atoms with van der Waals surface area (Å²) in [4.78, 5) is 28.6. The minimum Gasteiger partial charge on any atom is -0.375 e. The Bertz CT molecular complexity index is 1260. The van der Waals surface area contributed by atoms with E-state index in [0.29, 0.717) is 26.9 Å². The van der Waals surface area contributed by atoms with Crippen molar-refractivity contribution in [2.45, 2.75) is 46.3 Å². The topological polar surface area (TPSA) is 57.6 Å². The second kappa shape index (κ2) is 8.60. The predicted octanol–water partition coefficient (Wildman–Crippen LogP) is 6.23. The largest absolute Gasteiger partial charge is 0.375 e. The van der Waals surface area contributed by atoms with Gasteiger partial charge in [-0.05, 0) is 85.8 Å². The van der Waals surface area contributed by atoms with Crippen molar-refractivity contribution in [1.82, 2.24) is 0 Å². The lowest BCUT2D eigenvalue weighted by Crippen LogP contribution is -2.41. The Morgan fingerprint density at radius 1 is 0.909 bits per heavy atom. The van der Waals surface area contributed by atoms with E-state index in [4.69, 9.17) is 23.2 Å². The van der Waals surface area contributed by atoms with Gasteiger partial charge in [-0.2, -0.15) is 0 Å². The van der Waals surface area contributed by atoms with Crippen LogP contribution in [0.15, 0.2) is 48.5 Å². The van der Waals surface area contributed by atoms with Crippen LogP contribution in [0, 0.1) is 27.7 Å². The molecular weight excluding hydrogens is 457 g/mol. The van der Waals surface area contributed by atoms with E-state index < -0.39 is 11.5 Å². The number of rotatable bonds is 5. The van der Waals surface area contributed by atoms with Crippen LogP contribution >= 0.6 is 23.2 Å². The Labute approximate surface area is 203 Å². The summed E-state index contributed by atoms with van der Waals surface area (Å²) in [7, 11) is 0. The molecule has 0 spiro atoms. The van der Waals surface area contributed by atoms with Crippen LogP contribution in [0.5, 0.6) is 0 Å². The normalized spacial score (nSPS) is 17.4. The number of aliphatic hydroxyl groups is 1. The summed E-state index contributed by atoms with van der Waals surface area (Å²) in [6, 6.07) is 14.2. The van der Waals surface area contributed by atoms with Gasteiger partial charge in [0, 0.05) is 21.2 Å². The van der Waals surface area contributed by atoms with Crippen LogP contribution in [0.4, 0.5) is 5.69 Å². The standard InChI is InChI=1S/C27H25Cl2NO3/c1-15-11-16(2)18(4)25(17(15)3)24(31)13-27(33)22-12-21(29)9-10-23(22)30(26(27)32)14-19-5-7-20(28)8-6-19/h5-12,33H,13-14H2,1-4H3. The van der Waals surface area contributed by atoms with Crippen LogP contribution in [-0.2, 0) is 16.9 Å². The molecule has 1 unspecified atom stereocenters. The maximum absolute atomic E-state index is 13.6. The number of Topliss-reactive ketones (excluding diaryl/α,β-unsaturated/α-hetero) is 1. The fraction of sp³-hybridized carbons (Fsp3) is 0.259. The second-order valence-corrected chi connectivity index (χ2v) is 9.65. The number of carbonyl (C=O) groups excluding carboxylic acids is 2. The fourth-order valence-corrected chi connectivity index (χ4v) is 4.88. The number of nitrogens with zero attached hydrogens (tertiary/aromatic N) is 1. The average Bonchev–Trinajstić information content (AvgIpc) is 2.95. The number of fused-ring (bicyclic) bond motifs is 1. The van der Waals surface area contributed by atoms with Crippen LogP contribution in [-0.4, -0.2) is 16.8 Å². The molecule has 0 aromatic heterocycles. The Morgan fingerprint density at radius 3 is 2.09 bits per heavy atom. The highest BCUT2D eigenvalue weighted by molar-refractivity contribution is 6.31. The van der Waals surface area contributed by atoms with Gasteiger partial charge >= 0.3 is 0 Å². The minimum absolute atomic E-state index is 0.239. The zero-order chi connectivity index (χ0) is 24.1. The highest BCUT2D eigenvalue weighted by Crippen LogP contribution is 2.45. The first kappa shape index (κ1) is 23.5. The quantitative estimate of drug-likeness (QED) is 0.439. The third-order valence-corrected chi connectivity index (χ3v) is 7.10. The Morgan fingerprint density at radius 2 is 1.48 bits per heavy atom. The molecule has 1 N–H and O–H groups in total. The van der Waals surface area contributed by atoms with Crippen molar-refractivity contribution in [3.63, 3.8) is 0 Å². The van der Waals surface area contributed by atoms with Gasteiger partial charge in [0.2, 0.25) is 0 Å². The van der Waals surface area contributed by atoms with Crippen molar-refractivity contribution >= 4 is 40.6 Å². The van der Waals surface area contributed by atoms with E-state index in [1.165, 1.54) is 4.90 Å². The number of hydrogen-bond donors (Lipinski definition) is 1. The van der Waals surface area contributed by atoms with Crippen LogP contribution in [0.1, 0.15) is 50.2 Å². The molecule has 0 saturated carbocycles. The molecule has 0 radical (unpaired) electrons. The summed E-state index contributed by atoms with van der Waals surface area (Å²) in [5.74, 6) is -0.810. The van der Waals surface area contributed by atoms with Crippen LogP contribution in [0.25, 0.3) is 0 Å². The lowest BCUT2D eigenvalue weighted by atomic mass is 9.84. The first-order valence-corrected chi connectivity index (χ1v) is 11.5. The first-order chi connectivity index (χ1) is 15.5. The Kier molecular flexibility index (Phi) is 6.12. The van der Waals surface area contributed by atoms with Crippen molar-refractivity contribution in [1.29, 1.82) is 0 Å². The summed E-state index contributed by atoms with van der Waals surface area (Å²) < 4.78 is 0. The zero-order valence-electron chi connectivity index (χ0n) is 19.0. The van der Waals surface area contributed by atoms with Gasteiger partial charge in [0.25, 0.3) is 5.91 Å². The minimum atomic E-state index is -2.00. The molecule has 3 aromatic rings. The molecule has 1 heterocycles. The van der Waals surface area contributed by atoms with E-state index in [-0.39, 0.29) is 18.7 Å². The molecule has 4 rings (SSSR count). The molecular formula is C27H25Cl2NO3. The molecule has 4 nitrogen and oxygen atoms in total. The van der Waals surface area contributed by atoms with E-state index >= 15 is 0 Å². The number of anilines is 1. The molecule has 1 amide bonds. The molecule has 3 aromatic carbocycles. The molecule has 0 aliphatic carbocycles. The maximum Gasteiger partial charge on any atom is 0.264 e. The van der Waals surface area contributed by atoms with Crippen LogP contribution in [0.2, 0.25) is 10.0 Å². The van der Waals surface area contributed by atoms with Crippen molar-refractivity contribution in [2.24, 2.45) is 0 Å². The van der Waals surface area contributed by atoms with Crippen molar-refractivity contribution in [3.8, 4) is 0 Å². The van der Waals surface area contributed by atoms with Gasteiger partial charge in [-0.25, -0.2) is 0 Å². The number of hydrogen-bond acceptors (Lipinski definition) is 3. The SMILES string of the molecule is Cc1cc(C)c(C)c(C(=O)CC2(O)C(=O)N(Cc3ccc(Cl)cc3)c3ccc(Cl)cc32)c1C. The average molecular weight is 482 g/mol. The molecule has 33 heavy (non-hydrogen) atoms. The van der Waals surface area contributed by atoms with Gasteiger partial charge < -0.3 is 10.0 Å². The number of benzene rings is 3. The summed E-state index contributed by atoms with van der Waals surface area (Å²) >= 11 is 12.2. The van der Waals surface area contributed by atoms with Gasteiger partial charge in [0.05, 0.1) is 18.7 Å². The molecule has 0 bridgehead atoms. The van der Waals surface area contributed by atoms with E-state index in [1.807, 2.05) is 45.9 Å². The molecule has 1 atom stereocenters. The molecule has 6 heteroatoms. The second-order valence-electron chi connectivity index (χ2n) is 8.77. The van der Waals surface area contributed by atoms with Gasteiger partial charge in [-0.1, -0.05) is 41.4 Å². The fourth-order valence-electron chi connectivity index (χ4n) is 4.58. The predicted molar refractivity (Wildman–Crippen MR) is 132 cm³/mol. The van der Waals surface area contributed by atoms with Gasteiger partial charge in [0.15, 0.2) is 11.4 Å². The first-order valence-electron chi connectivity index (χ1n) is 10.7. The Balaban J connectivity index is 1.75. The van der Waals surface area contributed by atoms with Gasteiger partial charge in [-0.3, -0.25) is 9.59 Å². The summed E-state index contributed by atoms with van der Waals surface area (Å²) in [5.41, 5.74) is 4.03. The number of halogens is 2. The molecule has 0 fully saturated rings. The van der Waals surface area contributed by atoms with E-state index in [0.717, 1.165) is 27.8 Å². The van der Waals surface area contributed by atoms with E-state index in [1.54, 1.807) is 30.3 Å². The summed E-state index contributed by atoms with van der Waals surface area (Å²) in [6.07, 6.45) is -0.360. The third-order valence-electron chi connectivity index (χ3n) is 6.61. The number of carbonyl (C=O) groups is 2. The van der Waals surface area contributed by atoms with Gasteiger partial charge in [-0.15, -0.1) is 0 Å². The molecule has 1 aliphatic heterocycles. The maximum atomic E-state index is 13.6. The van der Waals surface area contributed by atoms with Crippen LogP contribution in [0.3, 0.4) is 0 Å². The number of amides is 1. The van der Waals surface area contributed by atoms with E-state index in [2.05, 4.69) is 0 Å². The number of aryl methyl sites for hydroxylation is 2. The van der Waals surface area contributed by atoms with Crippen molar-refractivity contribution < 1.29 is 14.7 Å². The summed E-state index contributed by atoms with van der Waals surface area (Å²) in [6.45, 7) is 7.94. The third kappa shape index (κ3) is 4.08. The lowest BCUT2D eigenvalue weighted by Gasteiger charge is -2.24. The van der Waals surface area contributed by atoms with E-state index in [9.17, 15) is 14.7 Å². The van der Waals surface area contributed by atoms with Crippen molar-refractivity contribution in [3.05, 3.63) is 97.5 Å². The lowest BCUT2D eigenvalue weighted by molar-refractivity contribution is -0.136. The molecule has 0 saturated heterocycles. The van der Waals surface area contributed by atoms with Gasteiger partial charge in [0.1, 0.15) is 0 Å². The smallest absolute Gasteiger partial charge is 0.264 e. The summed E-state index contributed by atoms with van der Waals surface area (Å²) in [5, 5.41) is 12.7. The monoisotopic (exact) mass is 481 g/mol. The molecule has 170 valence electrons.